The molecule has 1 aromatic rings. The normalized spacial score (nSPS) is 12.3. The van der Waals surface area contributed by atoms with Crippen LogP contribution in [-0.4, -0.2) is 6.54 Å². The van der Waals surface area contributed by atoms with Crippen LogP contribution in [0, 0.1) is 0 Å². The lowest BCUT2D eigenvalue weighted by Crippen LogP contribution is -2.06. The molecule has 0 amide bonds. The highest BCUT2D eigenvalue weighted by Crippen LogP contribution is 2.32. The summed E-state index contributed by atoms with van der Waals surface area (Å²) in [6.45, 7) is 0.435. The van der Waals surface area contributed by atoms with Gasteiger partial charge in [0, 0.05) is 0 Å². The second-order valence-electron chi connectivity index (χ2n) is 3.06. The van der Waals surface area contributed by atoms with Crippen molar-refractivity contribution >= 4 is 6.08 Å². The van der Waals surface area contributed by atoms with E-state index in [-0.39, 0.29) is 5.56 Å². The highest BCUT2D eigenvalue weighted by atomic mass is 19.4. The van der Waals surface area contributed by atoms with Crippen LogP contribution in [0.5, 0.6) is 0 Å². The molecule has 2 N–H and O–H groups in total. The Bertz CT molecular complexity index is 342. The van der Waals surface area contributed by atoms with Crippen molar-refractivity contribution in [3.05, 3.63) is 41.5 Å². The fraction of sp³-hybridized carbons (Fsp3) is 0.273. The van der Waals surface area contributed by atoms with Crippen LogP contribution >= 0.6 is 0 Å². The molecule has 0 saturated carbocycles. The first kappa shape index (κ1) is 11.8. The van der Waals surface area contributed by atoms with Crippen molar-refractivity contribution < 1.29 is 13.2 Å². The van der Waals surface area contributed by atoms with E-state index in [9.17, 15) is 13.2 Å². The van der Waals surface area contributed by atoms with E-state index >= 15 is 0 Å². The molecular weight excluding hydrogens is 203 g/mol. The summed E-state index contributed by atoms with van der Waals surface area (Å²) in [5.74, 6) is 0. The highest BCUT2D eigenvalue weighted by molar-refractivity contribution is 5.54. The zero-order valence-electron chi connectivity index (χ0n) is 8.09. The molecule has 4 heteroatoms. The van der Waals surface area contributed by atoms with Crippen LogP contribution in [0.15, 0.2) is 30.3 Å². The molecule has 0 bridgehead atoms. The third-order valence-electron chi connectivity index (χ3n) is 1.90. The average molecular weight is 215 g/mol. The fourth-order valence-electron chi connectivity index (χ4n) is 1.21. The minimum absolute atomic E-state index is 0.179. The van der Waals surface area contributed by atoms with E-state index in [1.54, 1.807) is 12.1 Å². The van der Waals surface area contributed by atoms with Crippen LogP contribution in [0.2, 0.25) is 0 Å². The van der Waals surface area contributed by atoms with Gasteiger partial charge in [-0.05, 0) is 24.6 Å². The van der Waals surface area contributed by atoms with E-state index in [1.165, 1.54) is 18.2 Å². The number of alkyl halides is 3. The third kappa shape index (κ3) is 3.40. The van der Waals surface area contributed by atoms with Gasteiger partial charge in [-0.15, -0.1) is 0 Å². The summed E-state index contributed by atoms with van der Waals surface area (Å²) < 4.78 is 37.5. The zero-order chi connectivity index (χ0) is 11.3. The lowest BCUT2D eigenvalue weighted by molar-refractivity contribution is -0.137. The van der Waals surface area contributed by atoms with Gasteiger partial charge in [-0.2, -0.15) is 13.2 Å². The van der Waals surface area contributed by atoms with E-state index in [4.69, 9.17) is 5.73 Å². The van der Waals surface area contributed by atoms with Crippen molar-refractivity contribution in [2.45, 2.75) is 12.6 Å². The minimum Gasteiger partial charge on any atom is -0.330 e. The van der Waals surface area contributed by atoms with Crippen LogP contribution in [0.1, 0.15) is 17.5 Å². The second-order valence-corrected chi connectivity index (χ2v) is 3.06. The van der Waals surface area contributed by atoms with Gasteiger partial charge in [0.05, 0.1) is 5.56 Å². The monoisotopic (exact) mass is 215 g/mol. The maximum Gasteiger partial charge on any atom is 0.416 e. The lowest BCUT2D eigenvalue weighted by atomic mass is 10.1. The third-order valence-corrected chi connectivity index (χ3v) is 1.90. The van der Waals surface area contributed by atoms with Gasteiger partial charge in [-0.1, -0.05) is 30.4 Å². The highest BCUT2D eigenvalue weighted by Gasteiger charge is 2.32. The first-order valence-electron chi connectivity index (χ1n) is 4.58. The molecule has 0 spiro atoms. The van der Waals surface area contributed by atoms with Gasteiger partial charge in [0.25, 0.3) is 0 Å². The molecule has 0 aliphatic carbocycles. The number of nitrogens with two attached hydrogens (primary N) is 1. The molecule has 0 aliphatic rings. The van der Waals surface area contributed by atoms with Gasteiger partial charge >= 0.3 is 6.18 Å². The Kier molecular flexibility index (Phi) is 3.91. The maximum atomic E-state index is 12.5. The van der Waals surface area contributed by atoms with Gasteiger partial charge in [-0.25, -0.2) is 0 Å². The molecule has 15 heavy (non-hydrogen) atoms. The van der Waals surface area contributed by atoms with Gasteiger partial charge in [0.15, 0.2) is 0 Å². The summed E-state index contributed by atoms with van der Waals surface area (Å²) in [4.78, 5) is 0. The minimum atomic E-state index is -4.30. The van der Waals surface area contributed by atoms with Crippen molar-refractivity contribution in [3.63, 3.8) is 0 Å². The molecule has 1 aromatic carbocycles. The number of hydrogen-bond donors (Lipinski definition) is 1. The molecule has 0 aliphatic heterocycles. The van der Waals surface area contributed by atoms with Crippen molar-refractivity contribution in [2.75, 3.05) is 6.54 Å². The summed E-state index contributed by atoms with van der Waals surface area (Å²) in [6.07, 6.45) is -0.629. The Morgan fingerprint density at radius 3 is 2.47 bits per heavy atom. The largest absolute Gasteiger partial charge is 0.416 e. The summed E-state index contributed by atoms with van der Waals surface area (Å²) in [6, 6.07) is 5.47. The zero-order valence-corrected chi connectivity index (χ0v) is 8.09. The smallest absolute Gasteiger partial charge is 0.330 e. The predicted octanol–water partition coefficient (Wildman–Crippen LogP) is 3.07. The molecule has 0 heterocycles. The topological polar surface area (TPSA) is 26.0 Å². The SMILES string of the molecule is NCC/C=C/c1ccccc1C(F)(F)F. The first-order chi connectivity index (χ1) is 7.05. The fourth-order valence-corrected chi connectivity index (χ4v) is 1.21. The summed E-state index contributed by atoms with van der Waals surface area (Å²) in [5.41, 5.74) is 4.81. The molecule has 1 nitrogen and oxygen atoms in total. The Labute approximate surface area is 86.4 Å². The van der Waals surface area contributed by atoms with Crippen molar-refractivity contribution in [3.8, 4) is 0 Å². The van der Waals surface area contributed by atoms with E-state index in [0.29, 0.717) is 13.0 Å². The summed E-state index contributed by atoms with van der Waals surface area (Å²) >= 11 is 0. The number of hydrogen-bond acceptors (Lipinski definition) is 1. The lowest BCUT2D eigenvalue weighted by Gasteiger charge is -2.09. The van der Waals surface area contributed by atoms with Gasteiger partial charge in [-0.3, -0.25) is 0 Å². The second kappa shape index (κ2) is 4.98. The van der Waals surface area contributed by atoms with Gasteiger partial charge in [0.2, 0.25) is 0 Å². The van der Waals surface area contributed by atoms with Crippen LogP contribution < -0.4 is 5.73 Å². The Morgan fingerprint density at radius 1 is 1.20 bits per heavy atom. The number of benzene rings is 1. The molecule has 82 valence electrons. The van der Waals surface area contributed by atoms with Gasteiger partial charge in [0.1, 0.15) is 0 Å². The van der Waals surface area contributed by atoms with Crippen LogP contribution in [0.3, 0.4) is 0 Å². The molecule has 0 fully saturated rings. The first-order valence-corrected chi connectivity index (χ1v) is 4.58. The number of halogens is 3. The van der Waals surface area contributed by atoms with Crippen molar-refractivity contribution in [1.29, 1.82) is 0 Å². The van der Waals surface area contributed by atoms with E-state index in [2.05, 4.69) is 0 Å². The molecule has 0 aromatic heterocycles. The Balaban J connectivity index is 2.97. The quantitative estimate of drug-likeness (QED) is 0.823. The van der Waals surface area contributed by atoms with Crippen molar-refractivity contribution in [2.24, 2.45) is 5.73 Å². The standard InChI is InChI=1S/C11H12F3N/c12-11(13,14)10-7-2-1-5-9(10)6-3-4-8-15/h1-3,5-7H,4,8,15H2/b6-3+. The Hall–Kier alpha value is -1.29. The molecule has 0 unspecified atom stereocenters. The van der Waals surface area contributed by atoms with Crippen LogP contribution in [-0.2, 0) is 6.18 Å². The Morgan fingerprint density at radius 2 is 1.87 bits per heavy atom. The number of rotatable bonds is 3. The molecule has 0 atom stereocenters. The summed E-state index contributed by atoms with van der Waals surface area (Å²) in [5, 5.41) is 0. The summed E-state index contributed by atoms with van der Waals surface area (Å²) in [7, 11) is 0. The van der Waals surface area contributed by atoms with Gasteiger partial charge < -0.3 is 5.73 Å². The van der Waals surface area contributed by atoms with Crippen molar-refractivity contribution in [1.82, 2.24) is 0 Å². The average Bonchev–Trinajstić information content (AvgIpc) is 2.17. The molecule has 0 radical (unpaired) electrons. The molecular formula is C11H12F3N. The predicted molar refractivity (Wildman–Crippen MR) is 54.1 cm³/mol. The molecule has 0 saturated heterocycles. The van der Waals surface area contributed by atoms with E-state index < -0.39 is 11.7 Å². The van der Waals surface area contributed by atoms with E-state index in [0.717, 1.165) is 6.07 Å². The van der Waals surface area contributed by atoms with Crippen LogP contribution in [0.25, 0.3) is 6.08 Å². The maximum absolute atomic E-state index is 12.5. The van der Waals surface area contributed by atoms with Crippen LogP contribution in [0.4, 0.5) is 13.2 Å². The molecule has 1 rings (SSSR count). The van der Waals surface area contributed by atoms with E-state index in [1.807, 2.05) is 0 Å².